The first kappa shape index (κ1) is 27.5. The summed E-state index contributed by atoms with van der Waals surface area (Å²) in [4.78, 5) is 21.0. The molecule has 0 fully saturated rings. The third kappa shape index (κ3) is 10.7. The van der Waals surface area contributed by atoms with Crippen LogP contribution in [0.25, 0.3) is 0 Å². The number of carboxylic acids is 2. The summed E-state index contributed by atoms with van der Waals surface area (Å²) in [7, 11) is 2.64. The van der Waals surface area contributed by atoms with Crippen molar-refractivity contribution in [3.63, 3.8) is 0 Å². The smallest absolute Gasteiger partial charge is 0.547 e. The maximum atomic E-state index is 10.5. The monoisotopic (exact) mass is 528 g/mol. The number of benzene rings is 2. The van der Waals surface area contributed by atoms with Crippen LogP contribution in [0.1, 0.15) is 11.1 Å². The Labute approximate surface area is 209 Å². The Balaban J connectivity index is 0.000000523. The molecule has 8 nitrogen and oxygen atoms in total. The van der Waals surface area contributed by atoms with Crippen LogP contribution >= 0.6 is 0 Å². The Hall–Kier alpha value is -1.53. The van der Waals surface area contributed by atoms with E-state index in [9.17, 15) is 19.8 Å². The maximum Gasteiger partial charge on any atom is 2.00 e. The summed E-state index contributed by atoms with van der Waals surface area (Å²) in [5, 5.41) is 39.0. The fourth-order valence-electron chi connectivity index (χ4n) is 2.22. The summed E-state index contributed by atoms with van der Waals surface area (Å²) in [6.45, 7) is 0. The van der Waals surface area contributed by atoms with Gasteiger partial charge in [-0.3, -0.25) is 0 Å². The summed E-state index contributed by atoms with van der Waals surface area (Å²) in [6, 6.07) is 12.6. The van der Waals surface area contributed by atoms with Gasteiger partial charge in [0.15, 0.2) is 0 Å². The molecule has 0 heterocycles. The number of carboxylic acid groups (broad SMARTS) is 2. The summed E-state index contributed by atoms with van der Waals surface area (Å²) in [5.74, 6) is -2.17. The van der Waals surface area contributed by atoms with Gasteiger partial charge in [0.1, 0.15) is 23.7 Å². The van der Waals surface area contributed by atoms with Crippen LogP contribution in [0.2, 0.25) is 0 Å². The normalized spacial score (nSPS) is 11.9. The molecule has 0 aliphatic rings. The van der Waals surface area contributed by atoms with E-state index in [4.69, 9.17) is 19.7 Å². The molecule has 2 N–H and O–H groups in total. The van der Waals surface area contributed by atoms with Gasteiger partial charge < -0.3 is 39.5 Å². The van der Waals surface area contributed by atoms with E-state index in [1.165, 1.54) is 38.5 Å². The zero-order valence-corrected chi connectivity index (χ0v) is 20.7. The second kappa shape index (κ2) is 14.5. The number of methoxy groups -OCH3 is 2. The molecule has 9 heteroatoms. The predicted octanol–water partition coefficient (Wildman–Crippen LogP) is -0.982. The third-order valence-electron chi connectivity index (χ3n) is 3.81. The molecule has 0 saturated carbocycles. The molecule has 2 aromatic rings. The van der Waals surface area contributed by atoms with Crippen molar-refractivity contribution in [3.05, 3.63) is 59.7 Å². The van der Waals surface area contributed by atoms with Crippen molar-refractivity contribution >= 4 is 60.8 Å². The molecule has 29 heavy (non-hydrogen) atoms. The molecule has 0 aromatic heterocycles. The van der Waals surface area contributed by atoms with E-state index >= 15 is 0 Å². The number of aromatic hydroxyl groups is 2. The van der Waals surface area contributed by atoms with Crippen molar-refractivity contribution < 1.29 is 39.5 Å². The molecule has 0 aliphatic carbocycles. The molecule has 2 atom stereocenters. The predicted molar refractivity (Wildman–Crippen MR) is 101 cm³/mol. The molecule has 2 unspecified atom stereocenters. The van der Waals surface area contributed by atoms with Gasteiger partial charge in [-0.05, 0) is 35.4 Å². The van der Waals surface area contributed by atoms with Gasteiger partial charge in [0.05, 0.1) is 11.9 Å². The van der Waals surface area contributed by atoms with Crippen molar-refractivity contribution in [1.29, 1.82) is 0 Å². The van der Waals surface area contributed by atoms with Crippen LogP contribution in [0.5, 0.6) is 11.5 Å². The van der Waals surface area contributed by atoms with Crippen molar-refractivity contribution in [3.8, 4) is 11.5 Å². The van der Waals surface area contributed by atoms with Crippen LogP contribution in [0.4, 0.5) is 0 Å². The molecule has 0 radical (unpaired) electrons. The van der Waals surface area contributed by atoms with E-state index in [1.54, 1.807) is 24.3 Å². The van der Waals surface area contributed by atoms with Crippen molar-refractivity contribution in [1.82, 2.24) is 0 Å². The topological polar surface area (TPSA) is 139 Å². The number of carbonyl (C=O) groups excluding carboxylic acids is 2. The first-order valence-electron chi connectivity index (χ1n) is 8.30. The van der Waals surface area contributed by atoms with Crippen LogP contribution < -0.4 is 10.2 Å². The number of phenolic OH excluding ortho intramolecular Hbond substituents is 2. The minimum atomic E-state index is -1.24. The second-order valence-corrected chi connectivity index (χ2v) is 5.83. The van der Waals surface area contributed by atoms with E-state index < -0.39 is 24.1 Å². The summed E-state index contributed by atoms with van der Waals surface area (Å²) in [5.41, 5.74) is 1.55. The van der Waals surface area contributed by atoms with Crippen LogP contribution in [0.15, 0.2) is 48.5 Å². The fourth-order valence-corrected chi connectivity index (χ4v) is 2.22. The van der Waals surface area contributed by atoms with E-state index in [1.807, 2.05) is 0 Å². The summed E-state index contributed by atoms with van der Waals surface area (Å²) < 4.78 is 9.44. The SMILES string of the molecule is COC(Cc1ccc(O)cc1)C(=O)[O-].COC(Cc1ccc(O)cc1)C(=O)[O-].[Ba+2]. The number of carbonyl (C=O) groups is 2. The quantitative estimate of drug-likeness (QED) is 0.418. The number of aliphatic carboxylic acids is 2. The van der Waals surface area contributed by atoms with Gasteiger partial charge in [-0.1, -0.05) is 24.3 Å². The van der Waals surface area contributed by atoms with Gasteiger partial charge >= 0.3 is 48.9 Å². The summed E-state index contributed by atoms with van der Waals surface area (Å²) >= 11 is 0. The van der Waals surface area contributed by atoms with E-state index in [0.29, 0.717) is 0 Å². The number of ether oxygens (including phenoxy) is 2. The molecular weight excluding hydrogens is 506 g/mol. The van der Waals surface area contributed by atoms with Gasteiger partial charge in [0, 0.05) is 27.1 Å². The maximum absolute atomic E-state index is 10.5. The molecule has 152 valence electrons. The molecule has 2 aromatic carbocycles. The second-order valence-electron chi connectivity index (χ2n) is 5.83. The number of hydrogen-bond acceptors (Lipinski definition) is 8. The van der Waals surface area contributed by atoms with Gasteiger partial charge in [-0.15, -0.1) is 0 Å². The first-order chi connectivity index (χ1) is 13.3. The minimum Gasteiger partial charge on any atom is -0.547 e. The van der Waals surface area contributed by atoms with Gasteiger partial charge in [0.2, 0.25) is 0 Å². The van der Waals surface area contributed by atoms with Crippen LogP contribution in [-0.4, -0.2) is 97.5 Å². The zero-order valence-electron chi connectivity index (χ0n) is 16.2. The van der Waals surface area contributed by atoms with Crippen LogP contribution in [-0.2, 0) is 31.9 Å². The van der Waals surface area contributed by atoms with Gasteiger partial charge in [0.25, 0.3) is 0 Å². The number of rotatable bonds is 8. The van der Waals surface area contributed by atoms with Crippen LogP contribution in [0, 0.1) is 0 Å². The molecule has 2 rings (SSSR count). The Bertz CT molecular complexity index is 681. The van der Waals surface area contributed by atoms with E-state index in [0.717, 1.165) is 11.1 Å². The van der Waals surface area contributed by atoms with Crippen molar-refractivity contribution in [2.45, 2.75) is 25.0 Å². The van der Waals surface area contributed by atoms with Gasteiger partial charge in [-0.2, -0.15) is 0 Å². The standard InChI is InChI=1S/2C10H12O4.Ba/c2*1-14-9(10(12)13)6-7-2-4-8(11)5-3-7;/h2*2-5,9,11H,6H2,1H3,(H,12,13);/q;;+2/p-2. The molecule has 0 bridgehead atoms. The molecule has 0 spiro atoms. The Morgan fingerprint density at radius 3 is 1.24 bits per heavy atom. The number of hydrogen-bond donors (Lipinski definition) is 2. The van der Waals surface area contributed by atoms with E-state index in [2.05, 4.69) is 0 Å². The molecule has 0 amide bonds. The van der Waals surface area contributed by atoms with Crippen molar-refractivity contribution in [2.24, 2.45) is 0 Å². The fraction of sp³-hybridized carbons (Fsp3) is 0.300. The van der Waals surface area contributed by atoms with Crippen LogP contribution in [0.3, 0.4) is 0 Å². The van der Waals surface area contributed by atoms with E-state index in [-0.39, 0.29) is 73.2 Å². The average Bonchev–Trinajstić information content (AvgIpc) is 2.67. The molecule has 0 aliphatic heterocycles. The minimum absolute atomic E-state index is 0. The largest absolute Gasteiger partial charge is 2.00 e. The van der Waals surface area contributed by atoms with Gasteiger partial charge in [-0.25, -0.2) is 0 Å². The Morgan fingerprint density at radius 1 is 0.759 bits per heavy atom. The Kier molecular flexibility index (Phi) is 13.7. The molecule has 0 saturated heterocycles. The number of phenols is 2. The Morgan fingerprint density at radius 2 is 1.03 bits per heavy atom. The zero-order chi connectivity index (χ0) is 21.1. The average molecular weight is 528 g/mol. The first-order valence-corrected chi connectivity index (χ1v) is 8.30. The third-order valence-corrected chi connectivity index (χ3v) is 3.81. The van der Waals surface area contributed by atoms with Crippen molar-refractivity contribution in [2.75, 3.05) is 14.2 Å². The summed E-state index contributed by atoms with van der Waals surface area (Å²) in [6.07, 6.45) is -1.42. The molecular formula is C20H22BaO8.